The molecular formula is C21H28N2O4. The van der Waals surface area contributed by atoms with E-state index in [-0.39, 0.29) is 17.8 Å². The molecule has 1 aliphatic heterocycles. The topological polar surface area (TPSA) is 75.7 Å². The van der Waals surface area contributed by atoms with Crippen LogP contribution in [0.15, 0.2) is 24.3 Å². The highest BCUT2D eigenvalue weighted by Crippen LogP contribution is 2.30. The monoisotopic (exact) mass is 372 g/mol. The summed E-state index contributed by atoms with van der Waals surface area (Å²) >= 11 is 0. The maximum absolute atomic E-state index is 12.8. The van der Waals surface area contributed by atoms with Gasteiger partial charge in [-0.1, -0.05) is 19.3 Å². The second-order valence-electron chi connectivity index (χ2n) is 7.37. The zero-order valence-electron chi connectivity index (χ0n) is 16.0. The van der Waals surface area contributed by atoms with E-state index < -0.39 is 5.54 Å². The Balaban J connectivity index is 1.72. The number of carbonyl (C=O) groups excluding carboxylic acids is 3. The molecule has 0 atom stereocenters. The van der Waals surface area contributed by atoms with E-state index in [2.05, 4.69) is 5.32 Å². The largest absolute Gasteiger partial charge is 0.464 e. The molecule has 0 unspecified atom stereocenters. The lowest BCUT2D eigenvalue weighted by Crippen LogP contribution is -2.56. The SMILES string of the molecule is CCOC(=O)C1(NC(=O)c2ccc(N3CCCCC3=O)cc2)CCCCC1. The van der Waals surface area contributed by atoms with Crippen molar-refractivity contribution in [1.82, 2.24) is 5.32 Å². The van der Waals surface area contributed by atoms with Gasteiger partial charge in [0.15, 0.2) is 0 Å². The van der Waals surface area contributed by atoms with Gasteiger partial charge in [-0.15, -0.1) is 0 Å². The predicted octanol–water partition coefficient (Wildman–Crippen LogP) is 3.20. The number of benzene rings is 1. The van der Waals surface area contributed by atoms with E-state index >= 15 is 0 Å². The zero-order valence-corrected chi connectivity index (χ0v) is 16.0. The number of ether oxygens (including phenoxy) is 1. The summed E-state index contributed by atoms with van der Waals surface area (Å²) < 4.78 is 5.23. The van der Waals surface area contributed by atoms with Gasteiger partial charge >= 0.3 is 5.97 Å². The third kappa shape index (κ3) is 4.31. The normalized spacial score (nSPS) is 19.4. The minimum Gasteiger partial charge on any atom is -0.464 e. The smallest absolute Gasteiger partial charge is 0.331 e. The van der Waals surface area contributed by atoms with Gasteiger partial charge < -0.3 is 15.0 Å². The Bertz CT molecular complexity index is 693. The molecule has 1 aromatic rings. The van der Waals surface area contributed by atoms with E-state index in [1.807, 2.05) is 0 Å². The molecule has 0 spiro atoms. The lowest BCUT2D eigenvalue weighted by Gasteiger charge is -2.35. The summed E-state index contributed by atoms with van der Waals surface area (Å²) in [6.45, 7) is 2.79. The average molecular weight is 372 g/mol. The third-order valence-electron chi connectivity index (χ3n) is 5.49. The van der Waals surface area contributed by atoms with Gasteiger partial charge in [0, 0.05) is 24.2 Å². The molecule has 0 bridgehead atoms. The highest BCUT2D eigenvalue weighted by Gasteiger charge is 2.42. The van der Waals surface area contributed by atoms with Crippen molar-refractivity contribution in [2.75, 3.05) is 18.1 Å². The number of piperidine rings is 1. The molecule has 27 heavy (non-hydrogen) atoms. The molecule has 0 radical (unpaired) electrons. The maximum Gasteiger partial charge on any atom is 0.331 e. The van der Waals surface area contributed by atoms with Crippen molar-refractivity contribution in [3.05, 3.63) is 29.8 Å². The number of rotatable bonds is 5. The highest BCUT2D eigenvalue weighted by atomic mass is 16.5. The molecule has 1 N–H and O–H groups in total. The first-order chi connectivity index (χ1) is 13.1. The number of hydrogen-bond acceptors (Lipinski definition) is 4. The van der Waals surface area contributed by atoms with E-state index in [9.17, 15) is 14.4 Å². The molecule has 1 saturated heterocycles. The number of hydrogen-bond donors (Lipinski definition) is 1. The molecule has 3 rings (SSSR count). The van der Waals surface area contributed by atoms with Crippen LogP contribution in [0, 0.1) is 0 Å². The van der Waals surface area contributed by atoms with Crippen molar-refractivity contribution in [2.45, 2.75) is 63.8 Å². The number of anilines is 1. The van der Waals surface area contributed by atoms with Gasteiger partial charge in [0.1, 0.15) is 5.54 Å². The molecule has 2 aliphatic rings. The number of amides is 2. The summed E-state index contributed by atoms with van der Waals surface area (Å²) in [5.74, 6) is -0.489. The van der Waals surface area contributed by atoms with E-state index in [1.54, 1.807) is 36.1 Å². The first-order valence-corrected chi connectivity index (χ1v) is 9.96. The molecule has 6 nitrogen and oxygen atoms in total. The van der Waals surface area contributed by atoms with Crippen molar-refractivity contribution in [3.63, 3.8) is 0 Å². The highest BCUT2D eigenvalue weighted by molar-refractivity contribution is 5.99. The van der Waals surface area contributed by atoms with Crippen LogP contribution in [0.1, 0.15) is 68.6 Å². The Morgan fingerprint density at radius 3 is 2.41 bits per heavy atom. The van der Waals surface area contributed by atoms with E-state index in [0.717, 1.165) is 44.3 Å². The van der Waals surface area contributed by atoms with Gasteiger partial charge in [0.05, 0.1) is 6.61 Å². The van der Waals surface area contributed by atoms with E-state index in [1.165, 1.54) is 0 Å². The number of carbonyl (C=O) groups is 3. The van der Waals surface area contributed by atoms with Crippen molar-refractivity contribution < 1.29 is 19.1 Å². The second kappa shape index (κ2) is 8.55. The van der Waals surface area contributed by atoms with Crippen LogP contribution in [0.2, 0.25) is 0 Å². The van der Waals surface area contributed by atoms with Crippen LogP contribution in [0.3, 0.4) is 0 Å². The Morgan fingerprint density at radius 1 is 1.07 bits per heavy atom. The van der Waals surface area contributed by atoms with Crippen LogP contribution in [-0.2, 0) is 14.3 Å². The van der Waals surface area contributed by atoms with Crippen LogP contribution in [0.4, 0.5) is 5.69 Å². The molecule has 6 heteroatoms. The fraction of sp³-hybridized carbons (Fsp3) is 0.571. The Morgan fingerprint density at radius 2 is 1.78 bits per heavy atom. The molecule has 2 amide bonds. The second-order valence-corrected chi connectivity index (χ2v) is 7.37. The third-order valence-corrected chi connectivity index (χ3v) is 5.49. The minimum atomic E-state index is -0.924. The van der Waals surface area contributed by atoms with Gasteiger partial charge in [-0.2, -0.15) is 0 Å². The quantitative estimate of drug-likeness (QED) is 0.806. The van der Waals surface area contributed by atoms with Crippen LogP contribution in [-0.4, -0.2) is 36.5 Å². The Labute approximate surface area is 160 Å². The van der Waals surface area contributed by atoms with Gasteiger partial charge in [0.25, 0.3) is 5.91 Å². The Hall–Kier alpha value is -2.37. The summed E-state index contributed by atoms with van der Waals surface area (Å²) in [5, 5.41) is 2.95. The molecule has 0 aromatic heterocycles. The fourth-order valence-corrected chi connectivity index (χ4v) is 3.97. The predicted molar refractivity (Wildman–Crippen MR) is 103 cm³/mol. The standard InChI is InChI=1S/C21H28N2O4/c1-2-27-20(26)21(13-5-3-6-14-21)22-19(25)16-9-11-17(12-10-16)23-15-7-4-8-18(23)24/h9-12H,2-8,13-15H2,1H3,(H,22,25). The van der Waals surface area contributed by atoms with Crippen LogP contribution < -0.4 is 10.2 Å². The zero-order chi connectivity index (χ0) is 19.3. The Kier molecular flexibility index (Phi) is 6.14. The first-order valence-electron chi connectivity index (χ1n) is 9.96. The van der Waals surface area contributed by atoms with Crippen molar-refractivity contribution in [3.8, 4) is 0 Å². The van der Waals surface area contributed by atoms with Crippen molar-refractivity contribution in [2.24, 2.45) is 0 Å². The molecule has 1 aliphatic carbocycles. The van der Waals surface area contributed by atoms with Crippen molar-refractivity contribution >= 4 is 23.5 Å². The first kappa shape index (κ1) is 19.4. The average Bonchev–Trinajstić information content (AvgIpc) is 2.69. The molecule has 1 heterocycles. The fourth-order valence-electron chi connectivity index (χ4n) is 3.97. The summed E-state index contributed by atoms with van der Waals surface area (Å²) in [6.07, 6.45) is 6.59. The summed E-state index contributed by atoms with van der Waals surface area (Å²) in [6, 6.07) is 7.04. The van der Waals surface area contributed by atoms with Gasteiger partial charge in [-0.05, 0) is 56.9 Å². The van der Waals surface area contributed by atoms with Crippen LogP contribution in [0.5, 0.6) is 0 Å². The van der Waals surface area contributed by atoms with Gasteiger partial charge in [0.2, 0.25) is 5.91 Å². The van der Waals surface area contributed by atoms with Crippen LogP contribution in [0.25, 0.3) is 0 Å². The lowest BCUT2D eigenvalue weighted by molar-refractivity contribution is -0.152. The van der Waals surface area contributed by atoms with E-state index in [4.69, 9.17) is 4.74 Å². The molecule has 2 fully saturated rings. The molecule has 1 saturated carbocycles. The summed E-state index contributed by atoms with van der Waals surface area (Å²) in [7, 11) is 0. The molecule has 146 valence electrons. The number of esters is 1. The molecule has 1 aromatic carbocycles. The molecular weight excluding hydrogens is 344 g/mol. The summed E-state index contributed by atoms with van der Waals surface area (Å²) in [5.41, 5.74) is 0.374. The summed E-state index contributed by atoms with van der Waals surface area (Å²) in [4.78, 5) is 39.1. The van der Waals surface area contributed by atoms with Crippen molar-refractivity contribution in [1.29, 1.82) is 0 Å². The number of nitrogens with zero attached hydrogens (tertiary/aromatic N) is 1. The van der Waals surface area contributed by atoms with Gasteiger partial charge in [-0.3, -0.25) is 9.59 Å². The minimum absolute atomic E-state index is 0.127. The lowest BCUT2D eigenvalue weighted by atomic mass is 9.81. The maximum atomic E-state index is 12.8. The number of nitrogens with one attached hydrogen (secondary N) is 1. The van der Waals surface area contributed by atoms with Crippen LogP contribution >= 0.6 is 0 Å². The van der Waals surface area contributed by atoms with Gasteiger partial charge in [-0.25, -0.2) is 4.79 Å². The van der Waals surface area contributed by atoms with E-state index in [0.29, 0.717) is 31.4 Å².